The Morgan fingerprint density at radius 3 is 2.36 bits per heavy atom. The molecular formula is C32H50N4O3. The van der Waals surface area contributed by atoms with Gasteiger partial charge >= 0.3 is 0 Å². The predicted octanol–water partition coefficient (Wildman–Crippen LogP) is 4.71. The van der Waals surface area contributed by atoms with Crippen molar-refractivity contribution in [1.82, 2.24) is 19.8 Å². The van der Waals surface area contributed by atoms with E-state index in [1.165, 1.54) is 37.7 Å². The smallest absolute Gasteiger partial charge is 0.255 e. The molecule has 39 heavy (non-hydrogen) atoms. The van der Waals surface area contributed by atoms with Gasteiger partial charge in [0.05, 0.1) is 6.54 Å². The second-order valence-electron chi connectivity index (χ2n) is 13.0. The highest BCUT2D eigenvalue weighted by Gasteiger charge is 2.52. The lowest BCUT2D eigenvalue weighted by molar-refractivity contribution is -0.290. The largest absolute Gasteiger partial charge is 0.334 e. The van der Waals surface area contributed by atoms with Crippen molar-refractivity contribution in [3.05, 3.63) is 35.9 Å². The molecule has 4 aliphatic rings. The second-order valence-corrected chi connectivity index (χ2v) is 13.0. The minimum atomic E-state index is -0.505. The maximum Gasteiger partial charge on any atom is 0.255 e. The Morgan fingerprint density at radius 1 is 0.949 bits per heavy atom. The Morgan fingerprint density at radius 2 is 1.67 bits per heavy atom. The molecule has 5 rings (SSSR count). The van der Waals surface area contributed by atoms with Crippen molar-refractivity contribution in [3.63, 3.8) is 0 Å². The summed E-state index contributed by atoms with van der Waals surface area (Å²) in [5.41, 5.74) is 1.32. The third kappa shape index (κ3) is 6.86. The average Bonchev–Trinajstić information content (AvgIpc) is 2.93. The Labute approximate surface area is 235 Å². The van der Waals surface area contributed by atoms with Gasteiger partial charge in [-0.05, 0) is 76.1 Å². The van der Waals surface area contributed by atoms with Crippen LogP contribution in [0.2, 0.25) is 0 Å². The van der Waals surface area contributed by atoms with Gasteiger partial charge < -0.3 is 14.7 Å². The van der Waals surface area contributed by atoms with Crippen LogP contribution in [-0.4, -0.2) is 89.2 Å². The Balaban J connectivity index is 1.40. The quantitative estimate of drug-likeness (QED) is 0.456. The van der Waals surface area contributed by atoms with E-state index in [2.05, 4.69) is 66.1 Å². The standard InChI is InChI=1S/C32H50N4O3/c1-24(2)21-29-32(38)36-28(22-26-13-8-5-9-14-26)31(37)34(27-16-19-33(3)20-17-27)23-30(36)35(39-29)18-10-15-25-11-6-4-7-12-25/h4,6-7,11-12,24,26-30H,5,8-10,13-23H2,1-3H3/t28-,29+,30?/m0/s1. The van der Waals surface area contributed by atoms with Gasteiger partial charge in [-0.3, -0.25) is 14.4 Å². The second kappa shape index (κ2) is 13.1. The van der Waals surface area contributed by atoms with E-state index < -0.39 is 6.10 Å². The van der Waals surface area contributed by atoms with Crippen molar-refractivity contribution >= 4 is 11.8 Å². The number of hydroxylamine groups is 2. The van der Waals surface area contributed by atoms with Crippen LogP contribution in [0.15, 0.2) is 30.3 Å². The van der Waals surface area contributed by atoms with Gasteiger partial charge in [0.15, 0.2) is 6.10 Å². The highest BCUT2D eigenvalue weighted by atomic mass is 16.7. The molecule has 3 atom stereocenters. The van der Waals surface area contributed by atoms with Crippen molar-refractivity contribution in [2.24, 2.45) is 11.8 Å². The van der Waals surface area contributed by atoms with Crippen LogP contribution in [0.5, 0.6) is 0 Å². The lowest BCUT2D eigenvalue weighted by atomic mass is 9.83. The summed E-state index contributed by atoms with van der Waals surface area (Å²) in [5, 5.41) is 2.10. The van der Waals surface area contributed by atoms with Crippen molar-refractivity contribution in [2.75, 3.05) is 33.2 Å². The molecule has 0 radical (unpaired) electrons. The van der Waals surface area contributed by atoms with E-state index in [1.54, 1.807) is 0 Å². The lowest BCUT2D eigenvalue weighted by Gasteiger charge is -2.55. The van der Waals surface area contributed by atoms with E-state index in [0.717, 1.165) is 51.7 Å². The number of carbonyl (C=O) groups excluding carboxylic acids is 2. The van der Waals surface area contributed by atoms with Crippen molar-refractivity contribution < 1.29 is 14.4 Å². The van der Waals surface area contributed by atoms with Crippen LogP contribution in [0.4, 0.5) is 0 Å². The van der Waals surface area contributed by atoms with Gasteiger partial charge in [0, 0.05) is 12.6 Å². The molecule has 2 amide bonds. The number of rotatable bonds is 9. The fraction of sp³-hybridized carbons (Fsp3) is 0.750. The molecule has 1 aliphatic carbocycles. The van der Waals surface area contributed by atoms with Crippen LogP contribution in [-0.2, 0) is 20.8 Å². The molecule has 3 saturated heterocycles. The molecule has 4 fully saturated rings. The monoisotopic (exact) mass is 538 g/mol. The minimum absolute atomic E-state index is 0.0326. The van der Waals surface area contributed by atoms with E-state index >= 15 is 0 Å². The summed E-state index contributed by atoms with van der Waals surface area (Å²) in [5.74, 6) is 1.09. The van der Waals surface area contributed by atoms with E-state index in [9.17, 15) is 9.59 Å². The number of benzene rings is 1. The number of carbonyl (C=O) groups is 2. The van der Waals surface area contributed by atoms with E-state index in [0.29, 0.717) is 24.8 Å². The van der Waals surface area contributed by atoms with Crippen LogP contribution in [0, 0.1) is 11.8 Å². The van der Waals surface area contributed by atoms with Crippen LogP contribution in [0.3, 0.4) is 0 Å². The summed E-state index contributed by atoms with van der Waals surface area (Å²) >= 11 is 0. The lowest BCUT2D eigenvalue weighted by Crippen LogP contribution is -2.74. The molecule has 3 aliphatic heterocycles. The average molecular weight is 539 g/mol. The Kier molecular flexibility index (Phi) is 9.62. The summed E-state index contributed by atoms with van der Waals surface area (Å²) in [6.07, 6.45) is 10.8. The fourth-order valence-corrected chi connectivity index (χ4v) is 7.29. The van der Waals surface area contributed by atoms with Crippen molar-refractivity contribution in [1.29, 1.82) is 0 Å². The first kappa shape index (κ1) is 28.6. The third-order valence-electron chi connectivity index (χ3n) is 9.49. The molecule has 7 nitrogen and oxygen atoms in total. The summed E-state index contributed by atoms with van der Waals surface area (Å²) in [4.78, 5) is 41.4. The van der Waals surface area contributed by atoms with E-state index in [1.807, 2.05) is 4.90 Å². The number of fused-ring (bicyclic) bond motifs is 1. The zero-order chi connectivity index (χ0) is 27.4. The topological polar surface area (TPSA) is 56.3 Å². The maximum absolute atomic E-state index is 14.3. The number of nitrogens with zero attached hydrogens (tertiary/aromatic N) is 4. The molecule has 7 heteroatoms. The van der Waals surface area contributed by atoms with Crippen LogP contribution < -0.4 is 0 Å². The number of hydrogen-bond acceptors (Lipinski definition) is 5. The van der Waals surface area contributed by atoms with E-state index in [4.69, 9.17) is 4.84 Å². The first-order chi connectivity index (χ1) is 18.9. The van der Waals surface area contributed by atoms with Crippen molar-refractivity contribution in [2.45, 2.75) is 109 Å². The van der Waals surface area contributed by atoms with Gasteiger partial charge in [-0.1, -0.05) is 76.3 Å². The zero-order valence-electron chi connectivity index (χ0n) is 24.5. The first-order valence-electron chi connectivity index (χ1n) is 15.7. The van der Waals surface area contributed by atoms with Gasteiger partial charge in [-0.25, -0.2) is 0 Å². The van der Waals surface area contributed by atoms with Crippen LogP contribution in [0.25, 0.3) is 0 Å². The number of amides is 2. The highest BCUT2D eigenvalue weighted by molar-refractivity contribution is 5.91. The first-order valence-corrected chi connectivity index (χ1v) is 15.7. The molecule has 216 valence electrons. The molecule has 0 N–H and O–H groups in total. The van der Waals surface area contributed by atoms with Gasteiger partial charge in [0.25, 0.3) is 5.91 Å². The number of likely N-dealkylation sites (tertiary alicyclic amines) is 1. The highest BCUT2D eigenvalue weighted by Crippen LogP contribution is 2.36. The van der Waals surface area contributed by atoms with E-state index in [-0.39, 0.29) is 30.1 Å². The Hall–Kier alpha value is -1.96. The summed E-state index contributed by atoms with van der Waals surface area (Å²) in [6.45, 7) is 7.63. The molecule has 0 aromatic heterocycles. The third-order valence-corrected chi connectivity index (χ3v) is 9.49. The molecule has 1 aromatic rings. The molecule has 1 saturated carbocycles. The SMILES string of the molecule is CC(C)C[C@H]1ON(CCCc2ccccc2)C2CN(C3CCN(C)CC3)C(=O)[C@H](CC3CCCCC3)N2C1=O. The molecule has 1 unspecified atom stereocenters. The molecule has 3 heterocycles. The summed E-state index contributed by atoms with van der Waals surface area (Å²) < 4.78 is 0. The molecule has 1 aromatic carbocycles. The Bertz CT molecular complexity index is 942. The fourth-order valence-electron chi connectivity index (χ4n) is 7.29. The number of piperazine rings is 1. The normalized spacial score (nSPS) is 28.4. The maximum atomic E-state index is 14.3. The number of aryl methyl sites for hydroxylation is 1. The number of piperidine rings is 1. The zero-order valence-corrected chi connectivity index (χ0v) is 24.5. The predicted molar refractivity (Wildman–Crippen MR) is 154 cm³/mol. The molecule has 0 spiro atoms. The summed E-state index contributed by atoms with van der Waals surface area (Å²) in [7, 11) is 2.17. The summed E-state index contributed by atoms with van der Waals surface area (Å²) in [6, 6.07) is 10.5. The van der Waals surface area contributed by atoms with Crippen LogP contribution >= 0.6 is 0 Å². The van der Waals surface area contributed by atoms with Gasteiger partial charge in [0.2, 0.25) is 5.91 Å². The minimum Gasteiger partial charge on any atom is -0.334 e. The van der Waals surface area contributed by atoms with Gasteiger partial charge in [-0.2, -0.15) is 5.06 Å². The van der Waals surface area contributed by atoms with Crippen LogP contribution in [0.1, 0.15) is 83.6 Å². The van der Waals surface area contributed by atoms with Crippen molar-refractivity contribution in [3.8, 4) is 0 Å². The molecule has 0 bridgehead atoms. The van der Waals surface area contributed by atoms with Gasteiger partial charge in [-0.15, -0.1) is 0 Å². The van der Waals surface area contributed by atoms with Gasteiger partial charge in [0.1, 0.15) is 12.2 Å². The number of hydrogen-bond donors (Lipinski definition) is 0. The molecular weight excluding hydrogens is 488 g/mol.